The lowest BCUT2D eigenvalue weighted by molar-refractivity contribution is -0.134. The maximum absolute atomic E-state index is 14.0. The van der Waals surface area contributed by atoms with Crippen LogP contribution in [0.4, 0.5) is 0 Å². The van der Waals surface area contributed by atoms with E-state index in [-0.39, 0.29) is 17.9 Å². The first-order valence-corrected chi connectivity index (χ1v) is 13.7. The summed E-state index contributed by atoms with van der Waals surface area (Å²) in [6, 6.07) is 18.4. The SMILES string of the molecule is CCc1ccc(-c2cc3n(n2)C[C@@](C)(C(=O)NC2CCCCCC2)N(Cc2ccccc2C)C3=O)cc1. The number of aryl methyl sites for hydroxylation is 2. The third-order valence-corrected chi connectivity index (χ3v) is 8.22. The topological polar surface area (TPSA) is 67.2 Å². The first kappa shape index (κ1) is 25.2. The van der Waals surface area contributed by atoms with Crippen molar-refractivity contribution < 1.29 is 9.59 Å². The Labute approximate surface area is 220 Å². The van der Waals surface area contributed by atoms with Crippen LogP contribution in [0.2, 0.25) is 0 Å². The van der Waals surface area contributed by atoms with E-state index in [9.17, 15) is 9.59 Å². The molecule has 1 saturated carbocycles. The van der Waals surface area contributed by atoms with E-state index in [1.807, 2.05) is 31.2 Å². The smallest absolute Gasteiger partial charge is 0.273 e. The number of nitrogens with one attached hydrogen (secondary N) is 1. The summed E-state index contributed by atoms with van der Waals surface area (Å²) in [4.78, 5) is 29.7. The average Bonchev–Trinajstić information content (AvgIpc) is 3.15. The fraction of sp³-hybridized carbons (Fsp3) is 0.452. The number of rotatable bonds is 6. The monoisotopic (exact) mass is 498 g/mol. The Morgan fingerprint density at radius 1 is 1.05 bits per heavy atom. The van der Waals surface area contributed by atoms with E-state index in [0.29, 0.717) is 18.8 Å². The van der Waals surface area contributed by atoms with Crippen molar-refractivity contribution in [2.24, 2.45) is 0 Å². The van der Waals surface area contributed by atoms with Crippen LogP contribution in [-0.2, 0) is 24.3 Å². The number of fused-ring (bicyclic) bond motifs is 1. The highest BCUT2D eigenvalue weighted by atomic mass is 16.2. The van der Waals surface area contributed by atoms with E-state index in [0.717, 1.165) is 54.5 Å². The third kappa shape index (κ3) is 5.07. The van der Waals surface area contributed by atoms with Crippen LogP contribution in [0.25, 0.3) is 11.3 Å². The molecule has 1 aliphatic heterocycles. The van der Waals surface area contributed by atoms with Gasteiger partial charge in [0.15, 0.2) is 0 Å². The van der Waals surface area contributed by atoms with E-state index in [2.05, 4.69) is 49.5 Å². The summed E-state index contributed by atoms with van der Waals surface area (Å²) >= 11 is 0. The number of carbonyl (C=O) groups is 2. The molecule has 0 unspecified atom stereocenters. The largest absolute Gasteiger partial charge is 0.351 e. The molecule has 2 aliphatic rings. The number of hydrogen-bond donors (Lipinski definition) is 1. The second-order valence-electron chi connectivity index (χ2n) is 10.9. The molecule has 2 aromatic carbocycles. The maximum atomic E-state index is 14.0. The van der Waals surface area contributed by atoms with Gasteiger partial charge in [-0.05, 0) is 55.9 Å². The van der Waals surface area contributed by atoms with Gasteiger partial charge in [0.2, 0.25) is 5.91 Å². The van der Waals surface area contributed by atoms with Crippen LogP contribution in [0.15, 0.2) is 54.6 Å². The Hall–Kier alpha value is -3.41. The molecule has 1 atom stereocenters. The molecule has 0 saturated heterocycles. The molecule has 1 aromatic heterocycles. The minimum Gasteiger partial charge on any atom is -0.351 e. The van der Waals surface area contributed by atoms with Crippen LogP contribution in [-0.4, -0.2) is 38.1 Å². The van der Waals surface area contributed by atoms with Gasteiger partial charge in [-0.1, -0.05) is 81.1 Å². The predicted molar refractivity (Wildman–Crippen MR) is 146 cm³/mol. The molecule has 6 nitrogen and oxygen atoms in total. The molecule has 1 fully saturated rings. The van der Waals surface area contributed by atoms with Crippen molar-refractivity contribution in [2.45, 2.75) is 90.4 Å². The Kier molecular flexibility index (Phi) is 7.18. The molecule has 1 N–H and O–H groups in total. The van der Waals surface area contributed by atoms with Gasteiger partial charge in [-0.15, -0.1) is 0 Å². The van der Waals surface area contributed by atoms with Gasteiger partial charge in [0.1, 0.15) is 11.2 Å². The minimum atomic E-state index is -1.05. The molecule has 0 spiro atoms. The highest BCUT2D eigenvalue weighted by Crippen LogP contribution is 2.32. The van der Waals surface area contributed by atoms with Gasteiger partial charge in [0.05, 0.1) is 12.2 Å². The van der Waals surface area contributed by atoms with Crippen LogP contribution in [0, 0.1) is 6.92 Å². The molecule has 37 heavy (non-hydrogen) atoms. The van der Waals surface area contributed by atoms with Crippen molar-refractivity contribution in [1.29, 1.82) is 0 Å². The molecule has 1 aliphatic carbocycles. The van der Waals surface area contributed by atoms with Gasteiger partial charge in [0.25, 0.3) is 5.91 Å². The van der Waals surface area contributed by atoms with Gasteiger partial charge in [-0.25, -0.2) is 0 Å². The van der Waals surface area contributed by atoms with Crippen molar-refractivity contribution in [3.63, 3.8) is 0 Å². The molecule has 194 valence electrons. The van der Waals surface area contributed by atoms with E-state index >= 15 is 0 Å². The highest BCUT2D eigenvalue weighted by molar-refractivity contribution is 6.00. The van der Waals surface area contributed by atoms with Crippen molar-refractivity contribution in [2.75, 3.05) is 0 Å². The maximum Gasteiger partial charge on any atom is 0.273 e. The summed E-state index contributed by atoms with van der Waals surface area (Å²) < 4.78 is 1.74. The fourth-order valence-electron chi connectivity index (χ4n) is 5.66. The summed E-state index contributed by atoms with van der Waals surface area (Å²) in [5.74, 6) is -0.242. The molecule has 2 heterocycles. The summed E-state index contributed by atoms with van der Waals surface area (Å²) in [6.07, 6.45) is 7.69. The van der Waals surface area contributed by atoms with Crippen LogP contribution in [0.1, 0.15) is 79.6 Å². The highest BCUT2D eigenvalue weighted by Gasteiger charge is 2.48. The predicted octanol–water partition coefficient (Wildman–Crippen LogP) is 5.67. The number of aromatic nitrogens is 2. The number of benzene rings is 2. The molecule has 3 aromatic rings. The molecule has 0 bridgehead atoms. The number of hydrogen-bond acceptors (Lipinski definition) is 3. The number of carbonyl (C=O) groups excluding carboxylic acids is 2. The lowest BCUT2D eigenvalue weighted by atomic mass is 9.92. The second kappa shape index (κ2) is 10.5. The number of nitrogens with zero attached hydrogens (tertiary/aromatic N) is 3. The lowest BCUT2D eigenvalue weighted by Gasteiger charge is -2.44. The van der Waals surface area contributed by atoms with Gasteiger partial charge >= 0.3 is 0 Å². The molecule has 0 radical (unpaired) electrons. The summed E-state index contributed by atoms with van der Waals surface area (Å²) in [6.45, 7) is 6.79. The molecular weight excluding hydrogens is 460 g/mol. The second-order valence-corrected chi connectivity index (χ2v) is 10.9. The first-order valence-electron chi connectivity index (χ1n) is 13.7. The zero-order valence-corrected chi connectivity index (χ0v) is 22.3. The Balaban J connectivity index is 1.50. The number of amides is 2. The summed E-state index contributed by atoms with van der Waals surface area (Å²) in [7, 11) is 0. The molecule has 5 rings (SSSR count). The normalized spacial score (nSPS) is 20.4. The van der Waals surface area contributed by atoms with Crippen LogP contribution >= 0.6 is 0 Å². The summed E-state index contributed by atoms with van der Waals surface area (Å²) in [5, 5.41) is 8.14. The molecule has 2 amide bonds. The van der Waals surface area contributed by atoms with Gasteiger partial charge in [0, 0.05) is 18.2 Å². The van der Waals surface area contributed by atoms with E-state index < -0.39 is 5.54 Å². The molecule has 6 heteroatoms. The fourth-order valence-corrected chi connectivity index (χ4v) is 5.66. The van der Waals surface area contributed by atoms with Crippen molar-refractivity contribution in [1.82, 2.24) is 20.0 Å². The van der Waals surface area contributed by atoms with Gasteiger partial charge in [-0.2, -0.15) is 5.10 Å². The van der Waals surface area contributed by atoms with E-state index in [1.165, 1.54) is 18.4 Å². The van der Waals surface area contributed by atoms with Gasteiger partial charge in [-0.3, -0.25) is 14.3 Å². The summed E-state index contributed by atoms with van der Waals surface area (Å²) in [5.41, 5.74) is 4.63. The van der Waals surface area contributed by atoms with Crippen LogP contribution < -0.4 is 5.32 Å². The quantitative estimate of drug-likeness (QED) is 0.445. The molecular formula is C31H38N4O2. The van der Waals surface area contributed by atoms with Crippen LogP contribution in [0.5, 0.6) is 0 Å². The third-order valence-electron chi connectivity index (χ3n) is 8.22. The zero-order chi connectivity index (χ0) is 26.0. The Morgan fingerprint density at radius 2 is 1.76 bits per heavy atom. The van der Waals surface area contributed by atoms with E-state index in [4.69, 9.17) is 5.10 Å². The lowest BCUT2D eigenvalue weighted by Crippen LogP contribution is -2.64. The van der Waals surface area contributed by atoms with Crippen molar-refractivity contribution in [3.8, 4) is 11.3 Å². The average molecular weight is 499 g/mol. The first-order chi connectivity index (χ1) is 17.9. The Morgan fingerprint density at radius 3 is 2.43 bits per heavy atom. The minimum absolute atomic E-state index is 0.0867. The van der Waals surface area contributed by atoms with Crippen LogP contribution in [0.3, 0.4) is 0 Å². The van der Waals surface area contributed by atoms with Gasteiger partial charge < -0.3 is 10.2 Å². The Bertz CT molecular complexity index is 1270. The van der Waals surface area contributed by atoms with Crippen molar-refractivity contribution in [3.05, 3.63) is 77.0 Å². The zero-order valence-electron chi connectivity index (χ0n) is 22.3. The standard InChI is InChI=1S/C31H38N4O2/c1-4-23-15-17-24(18-16-23)27-19-28-29(36)34(20-25-12-10-9-11-22(25)2)31(3,21-35(28)33-27)30(37)32-26-13-7-5-6-8-14-26/h9-12,15-19,26H,4-8,13-14,20-21H2,1-3H3,(H,32,37)/t31-/m0/s1. The van der Waals surface area contributed by atoms with Crippen molar-refractivity contribution >= 4 is 11.8 Å². The van der Waals surface area contributed by atoms with E-state index in [1.54, 1.807) is 9.58 Å².